The maximum atomic E-state index is 10.5. The van der Waals surface area contributed by atoms with Crippen LogP contribution in [0.5, 0.6) is 0 Å². The number of carbonyl (C=O) groups is 1. The number of hydrogen-bond donors (Lipinski definition) is 1. The van der Waals surface area contributed by atoms with Gasteiger partial charge in [0.2, 0.25) is 0 Å². The molecule has 0 bridgehead atoms. The fourth-order valence-electron chi connectivity index (χ4n) is 1.17. The van der Waals surface area contributed by atoms with Gasteiger partial charge in [-0.2, -0.15) is 5.10 Å². The molecule has 0 fully saturated rings. The molecule has 0 aliphatic heterocycles. The van der Waals surface area contributed by atoms with Crippen LogP contribution in [0.3, 0.4) is 0 Å². The molecule has 0 amide bonds. The maximum Gasteiger partial charge on any atom is 0.271 e. The Bertz CT molecular complexity index is 418. The first kappa shape index (κ1) is 12.8. The van der Waals surface area contributed by atoms with E-state index in [0.29, 0.717) is 18.5 Å². The van der Waals surface area contributed by atoms with Crippen molar-refractivity contribution in [1.29, 1.82) is 0 Å². The molecule has 1 N–H and O–H groups in total. The molecule has 1 rings (SSSR count). The summed E-state index contributed by atoms with van der Waals surface area (Å²) in [6.07, 6.45) is 4.47. The summed E-state index contributed by atoms with van der Waals surface area (Å²) < 4.78 is 0. The van der Waals surface area contributed by atoms with Crippen LogP contribution in [0.15, 0.2) is 29.4 Å². The Hall–Kier alpha value is -2.24. The normalized spacial score (nSPS) is 10.4. The Balaban J connectivity index is 2.43. The third kappa shape index (κ3) is 4.87. The molecule has 0 unspecified atom stereocenters. The van der Waals surface area contributed by atoms with Crippen molar-refractivity contribution in [3.63, 3.8) is 0 Å². The van der Waals surface area contributed by atoms with Crippen LogP contribution in [0, 0.1) is 10.1 Å². The minimum atomic E-state index is -0.459. The van der Waals surface area contributed by atoms with E-state index in [9.17, 15) is 14.9 Å². The summed E-state index contributed by atoms with van der Waals surface area (Å²) in [4.78, 5) is 20.1. The van der Waals surface area contributed by atoms with Crippen LogP contribution in [0.25, 0.3) is 0 Å². The lowest BCUT2D eigenvalue weighted by Crippen LogP contribution is -1.92. The number of unbranched alkanes of at least 4 members (excludes halogenated alkanes) is 2. The van der Waals surface area contributed by atoms with Gasteiger partial charge in [0.1, 0.15) is 6.29 Å². The predicted octanol–water partition coefficient (Wildman–Crippen LogP) is 2.36. The summed E-state index contributed by atoms with van der Waals surface area (Å²) in [6, 6.07) is 6.10. The monoisotopic (exact) mass is 235 g/mol. The average Bonchev–Trinajstić information content (AvgIpc) is 2.34. The number of carbonyl (C=O) groups excluding carboxylic acids is 1. The van der Waals surface area contributed by atoms with Gasteiger partial charge in [0.25, 0.3) is 5.69 Å². The van der Waals surface area contributed by atoms with E-state index in [1.807, 2.05) is 0 Å². The topological polar surface area (TPSA) is 84.6 Å². The van der Waals surface area contributed by atoms with Gasteiger partial charge in [-0.1, -0.05) is 6.07 Å². The number of benzene rings is 1. The molecule has 0 saturated heterocycles. The highest BCUT2D eigenvalue weighted by atomic mass is 16.6. The van der Waals surface area contributed by atoms with E-state index in [4.69, 9.17) is 0 Å². The molecule has 0 spiro atoms. The molecule has 17 heavy (non-hydrogen) atoms. The predicted molar refractivity (Wildman–Crippen MR) is 65.1 cm³/mol. The number of nitrogens with one attached hydrogen (secondary N) is 1. The summed E-state index contributed by atoms with van der Waals surface area (Å²) in [6.45, 7) is 0. The number of nitro groups is 1. The van der Waals surface area contributed by atoms with Gasteiger partial charge >= 0.3 is 0 Å². The number of rotatable bonds is 7. The van der Waals surface area contributed by atoms with E-state index in [1.54, 1.807) is 18.3 Å². The van der Waals surface area contributed by atoms with Crippen LogP contribution in [0.4, 0.5) is 11.4 Å². The standard InChI is InChI=1S/C11H13N3O3/c15-8-3-1-2-7-12-13-10-5-4-6-11(9-10)14(16)17/h4-9,13H,1-3H2. The second-order valence-corrected chi connectivity index (χ2v) is 3.33. The largest absolute Gasteiger partial charge is 0.303 e. The molecule has 0 aromatic heterocycles. The molecular formula is C11H13N3O3. The van der Waals surface area contributed by atoms with Crippen LogP contribution in [0.1, 0.15) is 19.3 Å². The Morgan fingerprint density at radius 1 is 1.41 bits per heavy atom. The van der Waals surface area contributed by atoms with Crippen LogP contribution < -0.4 is 5.43 Å². The summed E-state index contributed by atoms with van der Waals surface area (Å²) in [5.41, 5.74) is 3.27. The lowest BCUT2D eigenvalue weighted by Gasteiger charge is -1.99. The molecule has 6 nitrogen and oxygen atoms in total. The molecule has 0 aliphatic carbocycles. The first-order valence-electron chi connectivity index (χ1n) is 5.19. The van der Waals surface area contributed by atoms with Gasteiger partial charge in [0.05, 0.1) is 10.6 Å². The van der Waals surface area contributed by atoms with Crippen LogP contribution in [0.2, 0.25) is 0 Å². The van der Waals surface area contributed by atoms with Crippen molar-refractivity contribution >= 4 is 23.9 Å². The molecular weight excluding hydrogens is 222 g/mol. The summed E-state index contributed by atoms with van der Waals surface area (Å²) in [5.74, 6) is 0. The third-order valence-electron chi connectivity index (χ3n) is 2.00. The van der Waals surface area contributed by atoms with E-state index in [-0.39, 0.29) is 5.69 Å². The molecule has 0 atom stereocenters. The minimum absolute atomic E-state index is 0.0196. The summed E-state index contributed by atoms with van der Waals surface area (Å²) in [7, 11) is 0. The quantitative estimate of drug-likeness (QED) is 0.258. The van der Waals surface area contributed by atoms with Gasteiger partial charge < -0.3 is 4.79 Å². The molecule has 0 aliphatic rings. The van der Waals surface area contributed by atoms with Crippen molar-refractivity contribution in [1.82, 2.24) is 0 Å². The zero-order valence-corrected chi connectivity index (χ0v) is 9.20. The fourth-order valence-corrected chi connectivity index (χ4v) is 1.17. The van der Waals surface area contributed by atoms with Crippen molar-refractivity contribution in [2.75, 3.05) is 5.43 Å². The fraction of sp³-hybridized carbons (Fsp3) is 0.273. The first-order chi connectivity index (χ1) is 8.24. The Labute approximate surface area is 98.5 Å². The number of hydrazone groups is 1. The molecule has 6 heteroatoms. The van der Waals surface area contributed by atoms with Crippen LogP contribution in [-0.2, 0) is 4.79 Å². The SMILES string of the molecule is O=CCCCC=NNc1cccc([N+](=O)[O-])c1. The lowest BCUT2D eigenvalue weighted by atomic mass is 10.3. The number of non-ortho nitro benzene ring substituents is 1. The van der Waals surface area contributed by atoms with Gasteiger partial charge in [-0.25, -0.2) is 0 Å². The minimum Gasteiger partial charge on any atom is -0.303 e. The van der Waals surface area contributed by atoms with Gasteiger partial charge in [-0.15, -0.1) is 0 Å². The second kappa shape index (κ2) is 7.10. The molecule has 0 heterocycles. The molecule has 1 aromatic carbocycles. The number of hydrogen-bond acceptors (Lipinski definition) is 5. The summed E-state index contributed by atoms with van der Waals surface area (Å²) in [5, 5.41) is 14.4. The molecule has 0 saturated carbocycles. The van der Waals surface area contributed by atoms with E-state index in [0.717, 1.165) is 12.7 Å². The number of anilines is 1. The third-order valence-corrected chi connectivity index (χ3v) is 2.00. The molecule has 90 valence electrons. The van der Waals surface area contributed by atoms with Crippen molar-refractivity contribution in [2.24, 2.45) is 5.10 Å². The van der Waals surface area contributed by atoms with Crippen molar-refractivity contribution < 1.29 is 9.72 Å². The van der Waals surface area contributed by atoms with E-state index in [2.05, 4.69) is 10.5 Å². The van der Waals surface area contributed by atoms with E-state index in [1.165, 1.54) is 12.1 Å². The smallest absolute Gasteiger partial charge is 0.271 e. The number of nitrogens with zero attached hydrogens (tertiary/aromatic N) is 2. The van der Waals surface area contributed by atoms with Crippen molar-refractivity contribution in [3.8, 4) is 0 Å². The van der Waals surface area contributed by atoms with Gasteiger partial charge in [-0.05, 0) is 18.9 Å². The van der Waals surface area contributed by atoms with Gasteiger partial charge in [-0.3, -0.25) is 15.5 Å². The van der Waals surface area contributed by atoms with Crippen molar-refractivity contribution in [3.05, 3.63) is 34.4 Å². The van der Waals surface area contributed by atoms with Gasteiger partial charge in [0, 0.05) is 24.8 Å². The second-order valence-electron chi connectivity index (χ2n) is 3.33. The lowest BCUT2D eigenvalue weighted by molar-refractivity contribution is -0.384. The van der Waals surface area contributed by atoms with E-state index < -0.39 is 4.92 Å². The van der Waals surface area contributed by atoms with Crippen LogP contribution >= 0.6 is 0 Å². The molecule has 1 aromatic rings. The van der Waals surface area contributed by atoms with Crippen molar-refractivity contribution in [2.45, 2.75) is 19.3 Å². The van der Waals surface area contributed by atoms with Crippen LogP contribution in [-0.4, -0.2) is 17.4 Å². The Morgan fingerprint density at radius 3 is 2.94 bits per heavy atom. The summed E-state index contributed by atoms with van der Waals surface area (Å²) >= 11 is 0. The number of aldehydes is 1. The highest BCUT2D eigenvalue weighted by Gasteiger charge is 2.04. The molecule has 0 radical (unpaired) electrons. The zero-order chi connectivity index (χ0) is 12.5. The highest BCUT2D eigenvalue weighted by Crippen LogP contribution is 2.16. The Kier molecular flexibility index (Phi) is 5.36. The number of nitro benzene ring substituents is 1. The Morgan fingerprint density at radius 2 is 2.24 bits per heavy atom. The zero-order valence-electron chi connectivity index (χ0n) is 9.20. The average molecular weight is 235 g/mol. The van der Waals surface area contributed by atoms with Gasteiger partial charge in [0.15, 0.2) is 0 Å². The van der Waals surface area contributed by atoms with E-state index >= 15 is 0 Å². The maximum absolute atomic E-state index is 10.5. The first-order valence-corrected chi connectivity index (χ1v) is 5.19. The highest BCUT2D eigenvalue weighted by molar-refractivity contribution is 5.61.